The molecule has 7 heteroatoms. The Kier molecular flexibility index (Phi) is 6.61. The van der Waals surface area contributed by atoms with Crippen LogP contribution >= 0.6 is 11.5 Å². The number of carbonyl (C=O) groups is 1. The zero-order valence-corrected chi connectivity index (χ0v) is 17.8. The average molecular weight is 422 g/mol. The van der Waals surface area contributed by atoms with Crippen molar-refractivity contribution in [2.24, 2.45) is 0 Å². The van der Waals surface area contributed by atoms with Crippen molar-refractivity contribution < 1.29 is 4.79 Å². The second-order valence-corrected chi connectivity index (χ2v) is 8.17. The summed E-state index contributed by atoms with van der Waals surface area (Å²) < 4.78 is 5.94. The van der Waals surface area contributed by atoms with Gasteiger partial charge in [-0.2, -0.15) is 4.37 Å². The van der Waals surface area contributed by atoms with Crippen molar-refractivity contribution >= 4 is 39.2 Å². The number of amides is 2. The van der Waals surface area contributed by atoms with Crippen LogP contribution in [0.3, 0.4) is 0 Å². The molecule has 1 saturated heterocycles. The van der Waals surface area contributed by atoms with Gasteiger partial charge in [-0.05, 0) is 41.7 Å². The number of nitrogens with one attached hydrogen (secondary N) is 2. The third-order valence-electron chi connectivity index (χ3n) is 5.40. The molecule has 1 aliphatic rings. The van der Waals surface area contributed by atoms with Gasteiger partial charge < -0.3 is 15.5 Å². The lowest BCUT2D eigenvalue weighted by Gasteiger charge is -2.35. The average Bonchev–Trinajstić information content (AvgIpc) is 3.22. The molecule has 2 aromatic carbocycles. The van der Waals surface area contributed by atoms with Gasteiger partial charge in [0.05, 0.1) is 4.70 Å². The highest BCUT2D eigenvalue weighted by atomic mass is 32.1. The van der Waals surface area contributed by atoms with Crippen molar-refractivity contribution in [1.82, 2.24) is 14.6 Å². The molecule has 2 heterocycles. The molecule has 1 fully saturated rings. The molecule has 0 radical (unpaired) electrons. The number of rotatable bonds is 7. The summed E-state index contributed by atoms with van der Waals surface area (Å²) in [6.45, 7) is 9.04. The molecule has 1 aliphatic heterocycles. The van der Waals surface area contributed by atoms with E-state index in [4.69, 9.17) is 4.37 Å². The SMILES string of the molecule is C=CCNC(=O)Nc1ccccc1CCN1CCN(c2nsc3ccccc23)CC1. The van der Waals surface area contributed by atoms with Crippen LogP contribution in [0.2, 0.25) is 0 Å². The topological polar surface area (TPSA) is 60.5 Å². The maximum atomic E-state index is 12.0. The molecule has 0 atom stereocenters. The quantitative estimate of drug-likeness (QED) is 0.567. The number of benzene rings is 2. The summed E-state index contributed by atoms with van der Waals surface area (Å²) in [7, 11) is 0. The summed E-state index contributed by atoms with van der Waals surface area (Å²) in [6, 6.07) is 16.3. The second-order valence-electron chi connectivity index (χ2n) is 7.36. The first-order valence-electron chi connectivity index (χ1n) is 10.3. The molecule has 0 unspecified atom stereocenters. The maximum Gasteiger partial charge on any atom is 0.319 e. The number of urea groups is 1. The molecule has 0 saturated carbocycles. The number of nitrogens with zero attached hydrogens (tertiary/aromatic N) is 3. The van der Waals surface area contributed by atoms with E-state index in [2.05, 4.69) is 57.3 Å². The Morgan fingerprint density at radius 1 is 1.10 bits per heavy atom. The minimum atomic E-state index is -0.202. The Morgan fingerprint density at radius 2 is 1.87 bits per heavy atom. The van der Waals surface area contributed by atoms with Gasteiger partial charge >= 0.3 is 6.03 Å². The molecule has 0 spiro atoms. The minimum Gasteiger partial charge on any atom is -0.353 e. The Bertz CT molecular complexity index is 1010. The zero-order chi connectivity index (χ0) is 20.8. The van der Waals surface area contributed by atoms with Gasteiger partial charge in [0.2, 0.25) is 0 Å². The van der Waals surface area contributed by atoms with E-state index in [1.165, 1.54) is 10.1 Å². The lowest BCUT2D eigenvalue weighted by atomic mass is 10.1. The van der Waals surface area contributed by atoms with Crippen LogP contribution in [0.4, 0.5) is 16.3 Å². The number of para-hydroxylation sites is 1. The lowest BCUT2D eigenvalue weighted by Crippen LogP contribution is -2.47. The molecule has 6 nitrogen and oxygen atoms in total. The van der Waals surface area contributed by atoms with Crippen LogP contribution in [0.15, 0.2) is 61.2 Å². The van der Waals surface area contributed by atoms with Gasteiger partial charge in [-0.3, -0.25) is 4.90 Å². The molecule has 3 aromatic rings. The predicted molar refractivity (Wildman–Crippen MR) is 126 cm³/mol. The smallest absolute Gasteiger partial charge is 0.319 e. The number of carbonyl (C=O) groups excluding carboxylic acids is 1. The van der Waals surface area contributed by atoms with E-state index in [1.807, 2.05) is 18.2 Å². The number of piperazine rings is 1. The zero-order valence-electron chi connectivity index (χ0n) is 17.0. The minimum absolute atomic E-state index is 0.202. The first kappa shape index (κ1) is 20.4. The van der Waals surface area contributed by atoms with E-state index in [0.717, 1.165) is 56.2 Å². The van der Waals surface area contributed by atoms with E-state index in [1.54, 1.807) is 17.6 Å². The molecule has 0 bridgehead atoms. The maximum absolute atomic E-state index is 12.0. The molecule has 156 valence electrons. The summed E-state index contributed by atoms with van der Waals surface area (Å²) in [6.07, 6.45) is 2.57. The fraction of sp³-hybridized carbons (Fsp3) is 0.304. The Balaban J connectivity index is 1.31. The molecule has 2 amide bonds. The lowest BCUT2D eigenvalue weighted by molar-refractivity contribution is 0.253. The van der Waals surface area contributed by atoms with Gasteiger partial charge in [0.15, 0.2) is 0 Å². The number of anilines is 2. The van der Waals surface area contributed by atoms with Crippen LogP contribution in [-0.2, 0) is 6.42 Å². The second kappa shape index (κ2) is 9.73. The highest BCUT2D eigenvalue weighted by molar-refractivity contribution is 7.13. The summed E-state index contributed by atoms with van der Waals surface area (Å²) in [5.41, 5.74) is 2.02. The van der Waals surface area contributed by atoms with E-state index >= 15 is 0 Å². The van der Waals surface area contributed by atoms with Crippen LogP contribution in [0.5, 0.6) is 0 Å². The normalized spacial score (nSPS) is 14.6. The van der Waals surface area contributed by atoms with Gasteiger partial charge in [0.25, 0.3) is 0 Å². The molecule has 2 N–H and O–H groups in total. The van der Waals surface area contributed by atoms with Crippen LogP contribution in [0.25, 0.3) is 10.1 Å². The third-order valence-corrected chi connectivity index (χ3v) is 6.22. The summed E-state index contributed by atoms with van der Waals surface area (Å²) in [5.74, 6) is 1.12. The van der Waals surface area contributed by atoms with E-state index < -0.39 is 0 Å². The van der Waals surface area contributed by atoms with Gasteiger partial charge in [0.1, 0.15) is 5.82 Å². The van der Waals surface area contributed by atoms with Crippen molar-refractivity contribution in [3.8, 4) is 0 Å². The molecule has 1 aromatic heterocycles. The molecule has 30 heavy (non-hydrogen) atoms. The monoisotopic (exact) mass is 421 g/mol. The van der Waals surface area contributed by atoms with Crippen molar-refractivity contribution in [2.75, 3.05) is 49.5 Å². The highest BCUT2D eigenvalue weighted by Crippen LogP contribution is 2.29. The number of hydrogen-bond acceptors (Lipinski definition) is 5. The number of hydrogen-bond donors (Lipinski definition) is 2. The van der Waals surface area contributed by atoms with E-state index in [9.17, 15) is 4.79 Å². The Labute approximate surface area is 181 Å². The highest BCUT2D eigenvalue weighted by Gasteiger charge is 2.20. The first-order valence-corrected chi connectivity index (χ1v) is 11.1. The van der Waals surface area contributed by atoms with E-state index in [-0.39, 0.29) is 6.03 Å². The van der Waals surface area contributed by atoms with Gasteiger partial charge in [-0.1, -0.05) is 36.4 Å². The van der Waals surface area contributed by atoms with Crippen LogP contribution in [-0.4, -0.2) is 54.6 Å². The predicted octanol–water partition coefficient (Wildman–Crippen LogP) is 3.97. The standard InChI is InChI=1S/C23H27N5OS/c1-2-12-24-23(29)25-20-9-5-3-7-18(20)11-13-27-14-16-28(17-15-27)22-19-8-4-6-10-21(19)30-26-22/h2-10H,1,11-17H2,(H2,24,25,29). The van der Waals surface area contributed by atoms with Crippen molar-refractivity contribution in [1.29, 1.82) is 0 Å². The summed E-state index contributed by atoms with van der Waals surface area (Å²) in [4.78, 5) is 16.9. The fourth-order valence-corrected chi connectivity index (χ4v) is 4.55. The van der Waals surface area contributed by atoms with Gasteiger partial charge in [-0.15, -0.1) is 6.58 Å². The van der Waals surface area contributed by atoms with Crippen LogP contribution in [0.1, 0.15) is 5.56 Å². The molecular weight excluding hydrogens is 394 g/mol. The summed E-state index contributed by atoms with van der Waals surface area (Å²) >= 11 is 1.58. The molecular formula is C23H27N5OS. The number of fused-ring (bicyclic) bond motifs is 1. The summed E-state index contributed by atoms with van der Waals surface area (Å²) in [5, 5.41) is 6.95. The van der Waals surface area contributed by atoms with Gasteiger partial charge in [0, 0.05) is 50.3 Å². The van der Waals surface area contributed by atoms with Crippen LogP contribution in [0, 0.1) is 0 Å². The largest absolute Gasteiger partial charge is 0.353 e. The van der Waals surface area contributed by atoms with Crippen molar-refractivity contribution in [3.63, 3.8) is 0 Å². The van der Waals surface area contributed by atoms with Gasteiger partial charge in [-0.25, -0.2) is 4.79 Å². The van der Waals surface area contributed by atoms with Crippen molar-refractivity contribution in [2.45, 2.75) is 6.42 Å². The Hall–Kier alpha value is -2.90. The van der Waals surface area contributed by atoms with Crippen molar-refractivity contribution in [3.05, 3.63) is 66.7 Å². The Morgan fingerprint density at radius 3 is 2.70 bits per heavy atom. The van der Waals surface area contributed by atoms with E-state index in [0.29, 0.717) is 6.54 Å². The molecule has 0 aliphatic carbocycles. The third kappa shape index (κ3) is 4.80. The number of aromatic nitrogens is 1. The fourth-order valence-electron chi connectivity index (χ4n) is 3.75. The first-order chi connectivity index (χ1) is 14.7. The molecule has 4 rings (SSSR count). The van der Waals surface area contributed by atoms with Crippen LogP contribution < -0.4 is 15.5 Å².